The molecule has 1 aromatic heterocycles. The van der Waals surface area contributed by atoms with Crippen LogP contribution in [0, 0.1) is 16.7 Å². The van der Waals surface area contributed by atoms with Crippen LogP contribution in [0.15, 0.2) is 22.1 Å². The molecule has 74 valence electrons. The topological polar surface area (TPSA) is 49.8 Å². The molecule has 1 aliphatic carbocycles. The maximum Gasteiger partial charge on any atom is 0.255 e. The van der Waals surface area contributed by atoms with Crippen LogP contribution in [0.5, 0.6) is 0 Å². The highest BCUT2D eigenvalue weighted by Crippen LogP contribution is 2.41. The van der Waals surface area contributed by atoms with E-state index in [0.29, 0.717) is 5.22 Å². The minimum Gasteiger partial charge on any atom is -0.440 e. The zero-order valence-electron chi connectivity index (χ0n) is 7.90. The lowest BCUT2D eigenvalue weighted by Gasteiger charge is -2.17. The zero-order chi connectivity index (χ0) is 9.86. The third kappa shape index (κ3) is 1.93. The molecule has 0 N–H and O–H groups in total. The quantitative estimate of drug-likeness (QED) is 0.717. The van der Waals surface area contributed by atoms with Crippen LogP contribution in [-0.4, -0.2) is 10.7 Å². The second-order valence-corrected chi connectivity index (χ2v) is 4.61. The Kier molecular flexibility index (Phi) is 2.78. The fourth-order valence-corrected chi connectivity index (χ4v) is 2.83. The van der Waals surface area contributed by atoms with Crippen LogP contribution in [0.4, 0.5) is 0 Å². The highest BCUT2D eigenvalue weighted by atomic mass is 32.2. The van der Waals surface area contributed by atoms with Gasteiger partial charge < -0.3 is 4.42 Å². The summed E-state index contributed by atoms with van der Waals surface area (Å²) in [5.41, 5.74) is -0.126. The van der Waals surface area contributed by atoms with Gasteiger partial charge in [-0.15, -0.1) is 0 Å². The average molecular weight is 208 g/mol. The first-order chi connectivity index (χ1) is 6.85. The van der Waals surface area contributed by atoms with E-state index in [1.165, 1.54) is 12.8 Å². The van der Waals surface area contributed by atoms with Crippen LogP contribution in [0.25, 0.3) is 0 Å². The third-order valence-corrected chi connectivity index (χ3v) is 3.82. The fourth-order valence-electron chi connectivity index (χ4n) is 1.82. The normalized spacial score (nSPS) is 19.4. The Labute approximate surface area is 87.5 Å². The average Bonchev–Trinajstić information content (AvgIpc) is 2.87. The molecule has 1 saturated carbocycles. The second-order valence-electron chi connectivity index (χ2n) is 3.69. The summed E-state index contributed by atoms with van der Waals surface area (Å²) in [4.78, 5) is 4.03. The molecule has 4 heteroatoms. The number of hydrogen-bond donors (Lipinski definition) is 0. The van der Waals surface area contributed by atoms with E-state index in [4.69, 9.17) is 9.68 Å². The zero-order valence-corrected chi connectivity index (χ0v) is 8.72. The van der Waals surface area contributed by atoms with Crippen molar-refractivity contribution in [2.75, 3.05) is 5.75 Å². The predicted octanol–water partition coefficient (Wildman–Crippen LogP) is 2.85. The molecule has 0 radical (unpaired) electrons. The van der Waals surface area contributed by atoms with Crippen molar-refractivity contribution in [2.45, 2.75) is 30.9 Å². The Morgan fingerprint density at radius 1 is 1.57 bits per heavy atom. The van der Waals surface area contributed by atoms with E-state index >= 15 is 0 Å². The molecule has 3 nitrogen and oxygen atoms in total. The molecule has 0 unspecified atom stereocenters. The van der Waals surface area contributed by atoms with E-state index in [1.807, 2.05) is 0 Å². The number of hydrogen-bond acceptors (Lipinski definition) is 4. The molecule has 2 rings (SSSR count). The van der Waals surface area contributed by atoms with Gasteiger partial charge in [0.2, 0.25) is 0 Å². The summed E-state index contributed by atoms with van der Waals surface area (Å²) in [6.07, 6.45) is 7.61. The number of nitrogens with zero attached hydrogens (tertiary/aromatic N) is 2. The van der Waals surface area contributed by atoms with E-state index in [9.17, 15) is 0 Å². The monoisotopic (exact) mass is 208 g/mol. The second kappa shape index (κ2) is 4.05. The molecule has 1 heterocycles. The fraction of sp³-hybridized carbons (Fsp3) is 0.600. The molecule has 1 aliphatic rings. The summed E-state index contributed by atoms with van der Waals surface area (Å²) in [6.45, 7) is 0. The van der Waals surface area contributed by atoms with Gasteiger partial charge in [0.25, 0.3) is 5.22 Å². The van der Waals surface area contributed by atoms with Gasteiger partial charge in [0.05, 0.1) is 17.7 Å². The number of oxazole rings is 1. The van der Waals surface area contributed by atoms with Crippen molar-refractivity contribution in [3.05, 3.63) is 12.5 Å². The lowest BCUT2D eigenvalue weighted by atomic mass is 9.91. The Hall–Kier alpha value is -0.950. The standard InChI is InChI=1S/C10H12N2OS/c11-7-10(3-1-2-4-10)8-14-9-12-5-6-13-9/h5-6H,1-4,8H2. The highest BCUT2D eigenvalue weighted by Gasteiger charge is 2.34. The van der Waals surface area contributed by atoms with Crippen molar-refractivity contribution in [3.63, 3.8) is 0 Å². The first-order valence-electron chi connectivity index (χ1n) is 4.78. The van der Waals surface area contributed by atoms with E-state index < -0.39 is 0 Å². The third-order valence-electron chi connectivity index (χ3n) is 2.68. The molecule has 1 aromatic rings. The van der Waals surface area contributed by atoms with E-state index in [0.717, 1.165) is 18.6 Å². The Morgan fingerprint density at radius 3 is 2.93 bits per heavy atom. The van der Waals surface area contributed by atoms with Crippen LogP contribution >= 0.6 is 11.8 Å². The molecule has 0 bridgehead atoms. The summed E-state index contributed by atoms with van der Waals surface area (Å²) < 4.78 is 5.13. The molecule has 0 atom stereocenters. The van der Waals surface area contributed by atoms with Gasteiger partial charge in [-0.3, -0.25) is 0 Å². The Balaban J connectivity index is 1.93. The van der Waals surface area contributed by atoms with Gasteiger partial charge in [-0.05, 0) is 12.8 Å². The van der Waals surface area contributed by atoms with Gasteiger partial charge in [-0.25, -0.2) is 4.98 Å². The summed E-state index contributed by atoms with van der Waals surface area (Å²) in [7, 11) is 0. The first-order valence-corrected chi connectivity index (χ1v) is 5.77. The molecule has 0 amide bonds. The lowest BCUT2D eigenvalue weighted by Crippen LogP contribution is -2.16. The molecule has 14 heavy (non-hydrogen) atoms. The predicted molar refractivity (Wildman–Crippen MR) is 53.7 cm³/mol. The van der Waals surface area contributed by atoms with Crippen molar-refractivity contribution in [1.29, 1.82) is 5.26 Å². The number of aromatic nitrogens is 1. The van der Waals surface area contributed by atoms with Crippen molar-refractivity contribution >= 4 is 11.8 Å². The Bertz CT molecular complexity index is 322. The SMILES string of the molecule is N#CC1(CSc2ncco2)CCCC1. The first kappa shape index (κ1) is 9.60. The van der Waals surface area contributed by atoms with E-state index in [2.05, 4.69) is 11.1 Å². The maximum absolute atomic E-state index is 9.13. The summed E-state index contributed by atoms with van der Waals surface area (Å²) >= 11 is 1.55. The molecule has 0 aromatic carbocycles. The van der Waals surface area contributed by atoms with Crippen LogP contribution in [0.3, 0.4) is 0 Å². The largest absolute Gasteiger partial charge is 0.440 e. The van der Waals surface area contributed by atoms with Crippen LogP contribution in [0.1, 0.15) is 25.7 Å². The van der Waals surface area contributed by atoms with Gasteiger partial charge in [-0.2, -0.15) is 5.26 Å². The van der Waals surface area contributed by atoms with Gasteiger partial charge in [0.15, 0.2) is 0 Å². The molecule has 0 saturated heterocycles. The van der Waals surface area contributed by atoms with Crippen LogP contribution in [-0.2, 0) is 0 Å². The van der Waals surface area contributed by atoms with Crippen molar-refractivity contribution in [2.24, 2.45) is 5.41 Å². The summed E-state index contributed by atoms with van der Waals surface area (Å²) in [5.74, 6) is 0.810. The van der Waals surface area contributed by atoms with Crippen molar-refractivity contribution in [1.82, 2.24) is 4.98 Å². The molecular formula is C10H12N2OS. The summed E-state index contributed by atoms with van der Waals surface area (Å²) in [5, 5.41) is 9.80. The molecule has 1 fully saturated rings. The van der Waals surface area contributed by atoms with Gasteiger partial charge in [0.1, 0.15) is 6.26 Å². The highest BCUT2D eigenvalue weighted by molar-refractivity contribution is 7.99. The van der Waals surface area contributed by atoms with Crippen molar-refractivity contribution < 1.29 is 4.42 Å². The van der Waals surface area contributed by atoms with Gasteiger partial charge >= 0.3 is 0 Å². The van der Waals surface area contributed by atoms with Crippen LogP contribution in [0.2, 0.25) is 0 Å². The van der Waals surface area contributed by atoms with E-state index in [1.54, 1.807) is 24.2 Å². The van der Waals surface area contributed by atoms with Crippen LogP contribution < -0.4 is 0 Å². The molecule has 0 aliphatic heterocycles. The van der Waals surface area contributed by atoms with Gasteiger partial charge in [-0.1, -0.05) is 24.6 Å². The Morgan fingerprint density at radius 2 is 2.36 bits per heavy atom. The minimum absolute atomic E-state index is 0.126. The minimum atomic E-state index is -0.126. The maximum atomic E-state index is 9.13. The number of nitriles is 1. The lowest BCUT2D eigenvalue weighted by molar-refractivity contribution is 0.443. The van der Waals surface area contributed by atoms with Crippen molar-refractivity contribution in [3.8, 4) is 6.07 Å². The number of thioether (sulfide) groups is 1. The number of rotatable bonds is 3. The summed E-state index contributed by atoms with van der Waals surface area (Å²) in [6, 6.07) is 2.45. The molecular weight excluding hydrogens is 196 g/mol. The smallest absolute Gasteiger partial charge is 0.255 e. The van der Waals surface area contributed by atoms with Gasteiger partial charge in [0, 0.05) is 5.75 Å². The molecule has 0 spiro atoms. The van der Waals surface area contributed by atoms with E-state index in [-0.39, 0.29) is 5.41 Å².